The van der Waals surface area contributed by atoms with E-state index in [1.54, 1.807) is 0 Å². The number of hydrogen-bond donors (Lipinski definition) is 1. The Morgan fingerprint density at radius 3 is 2.69 bits per heavy atom. The third-order valence-corrected chi connectivity index (χ3v) is 4.43. The first-order valence-corrected chi connectivity index (χ1v) is 5.99. The summed E-state index contributed by atoms with van der Waals surface area (Å²) in [5.74, 6) is 4.09. The molecule has 3 fully saturated rings. The molecule has 1 aliphatic carbocycles. The van der Waals surface area contributed by atoms with E-state index in [0.717, 1.165) is 23.7 Å². The van der Waals surface area contributed by atoms with Crippen molar-refractivity contribution < 1.29 is 0 Å². The van der Waals surface area contributed by atoms with Crippen LogP contribution in [0, 0.1) is 23.7 Å². The standard InChI is InChI=1S/C12H23N/c1-9-4-3-6-13-7-5-11-8-12(9)10(11)2/h9-13H,3-8H2,1-2H3. The monoisotopic (exact) mass is 181 g/mol. The van der Waals surface area contributed by atoms with Gasteiger partial charge in [-0.05, 0) is 62.4 Å². The zero-order valence-corrected chi connectivity index (χ0v) is 9.05. The second-order valence-electron chi connectivity index (χ2n) is 5.18. The molecule has 0 spiro atoms. The van der Waals surface area contributed by atoms with Gasteiger partial charge in [0.05, 0.1) is 0 Å². The topological polar surface area (TPSA) is 12.0 Å². The summed E-state index contributed by atoms with van der Waals surface area (Å²) in [4.78, 5) is 0. The molecule has 3 aliphatic rings. The fourth-order valence-electron chi connectivity index (χ4n) is 3.24. The molecule has 0 aromatic carbocycles. The van der Waals surface area contributed by atoms with E-state index < -0.39 is 0 Å². The first kappa shape index (κ1) is 9.51. The summed E-state index contributed by atoms with van der Waals surface area (Å²) in [6.07, 6.45) is 5.76. The lowest BCUT2D eigenvalue weighted by molar-refractivity contribution is 0.0302. The van der Waals surface area contributed by atoms with Crippen LogP contribution in [0.15, 0.2) is 0 Å². The molecule has 1 heteroatoms. The first-order valence-electron chi connectivity index (χ1n) is 5.99. The lowest BCUT2D eigenvalue weighted by atomic mass is 9.59. The van der Waals surface area contributed by atoms with Crippen molar-refractivity contribution in [2.45, 2.75) is 39.5 Å². The zero-order valence-electron chi connectivity index (χ0n) is 9.05. The van der Waals surface area contributed by atoms with Crippen LogP contribution in [0.4, 0.5) is 0 Å². The van der Waals surface area contributed by atoms with Gasteiger partial charge in [-0.2, -0.15) is 0 Å². The van der Waals surface area contributed by atoms with Gasteiger partial charge >= 0.3 is 0 Å². The smallest absolute Gasteiger partial charge is 0.00462 e. The SMILES string of the molecule is CC1CCCNCCC2CC1C2C. The van der Waals surface area contributed by atoms with E-state index in [1.165, 1.54) is 38.8 Å². The van der Waals surface area contributed by atoms with Crippen LogP contribution in [0.25, 0.3) is 0 Å². The van der Waals surface area contributed by atoms with Gasteiger partial charge in [0.1, 0.15) is 0 Å². The Morgan fingerprint density at radius 1 is 1.08 bits per heavy atom. The second-order valence-corrected chi connectivity index (χ2v) is 5.18. The van der Waals surface area contributed by atoms with E-state index in [9.17, 15) is 0 Å². The summed E-state index contributed by atoms with van der Waals surface area (Å²) in [6.45, 7) is 7.43. The average Bonchev–Trinajstić information content (AvgIpc) is 2.14. The molecule has 2 heterocycles. The van der Waals surface area contributed by atoms with E-state index >= 15 is 0 Å². The van der Waals surface area contributed by atoms with Gasteiger partial charge in [0.25, 0.3) is 0 Å². The molecule has 4 unspecified atom stereocenters. The maximum absolute atomic E-state index is 3.55. The van der Waals surface area contributed by atoms with Crippen molar-refractivity contribution in [3.63, 3.8) is 0 Å². The maximum Gasteiger partial charge on any atom is -0.00462 e. The Balaban J connectivity index is 1.91. The molecule has 0 amide bonds. The molecule has 0 radical (unpaired) electrons. The van der Waals surface area contributed by atoms with Crippen LogP contribution in [-0.2, 0) is 0 Å². The Bertz CT molecular complexity index is 163. The number of hydrogen-bond acceptors (Lipinski definition) is 1. The van der Waals surface area contributed by atoms with E-state index in [2.05, 4.69) is 19.2 Å². The van der Waals surface area contributed by atoms with Crippen molar-refractivity contribution in [3.8, 4) is 0 Å². The molecule has 1 nitrogen and oxygen atoms in total. The van der Waals surface area contributed by atoms with Crippen molar-refractivity contribution in [3.05, 3.63) is 0 Å². The van der Waals surface area contributed by atoms with Gasteiger partial charge in [-0.15, -0.1) is 0 Å². The minimum absolute atomic E-state index is 0.978. The van der Waals surface area contributed by atoms with Crippen molar-refractivity contribution in [1.82, 2.24) is 5.32 Å². The van der Waals surface area contributed by atoms with E-state index in [-0.39, 0.29) is 0 Å². The summed E-state index contributed by atoms with van der Waals surface area (Å²) in [5, 5.41) is 3.55. The molecular formula is C12H23N. The predicted molar refractivity (Wildman–Crippen MR) is 56.6 cm³/mol. The molecule has 4 atom stereocenters. The third-order valence-electron chi connectivity index (χ3n) is 4.43. The average molecular weight is 181 g/mol. The molecule has 2 bridgehead atoms. The van der Waals surface area contributed by atoms with Crippen molar-refractivity contribution in [2.24, 2.45) is 23.7 Å². The summed E-state index contributed by atoms with van der Waals surface area (Å²) in [6, 6.07) is 0. The van der Waals surface area contributed by atoms with Gasteiger partial charge in [-0.25, -0.2) is 0 Å². The highest BCUT2D eigenvalue weighted by Gasteiger charge is 2.39. The molecule has 3 rings (SSSR count). The van der Waals surface area contributed by atoms with Crippen LogP contribution in [-0.4, -0.2) is 13.1 Å². The van der Waals surface area contributed by atoms with E-state index in [4.69, 9.17) is 0 Å². The summed E-state index contributed by atoms with van der Waals surface area (Å²) in [5.41, 5.74) is 0. The van der Waals surface area contributed by atoms with Crippen molar-refractivity contribution in [1.29, 1.82) is 0 Å². The highest BCUT2D eigenvalue weighted by molar-refractivity contribution is 4.89. The zero-order chi connectivity index (χ0) is 9.26. The Morgan fingerprint density at radius 2 is 1.92 bits per heavy atom. The Labute approximate surface area is 82.3 Å². The minimum atomic E-state index is 0.978. The highest BCUT2D eigenvalue weighted by atomic mass is 14.8. The molecular weight excluding hydrogens is 158 g/mol. The van der Waals surface area contributed by atoms with Crippen LogP contribution in [0.3, 0.4) is 0 Å². The third kappa shape index (κ3) is 1.90. The van der Waals surface area contributed by atoms with Gasteiger partial charge in [-0.3, -0.25) is 0 Å². The highest BCUT2D eigenvalue weighted by Crippen LogP contribution is 2.47. The fourth-order valence-corrected chi connectivity index (χ4v) is 3.24. The second kappa shape index (κ2) is 4.00. The van der Waals surface area contributed by atoms with Crippen LogP contribution < -0.4 is 5.32 Å². The Kier molecular flexibility index (Phi) is 2.92. The predicted octanol–water partition coefficient (Wildman–Crippen LogP) is 2.67. The minimum Gasteiger partial charge on any atom is -0.317 e. The summed E-state index contributed by atoms with van der Waals surface area (Å²) in [7, 11) is 0. The lowest BCUT2D eigenvalue weighted by Gasteiger charge is -2.47. The molecule has 2 saturated heterocycles. The summed E-state index contributed by atoms with van der Waals surface area (Å²) < 4.78 is 0. The molecule has 13 heavy (non-hydrogen) atoms. The van der Waals surface area contributed by atoms with Crippen molar-refractivity contribution in [2.75, 3.05) is 13.1 Å². The van der Waals surface area contributed by atoms with E-state index in [1.807, 2.05) is 0 Å². The van der Waals surface area contributed by atoms with Crippen LogP contribution in [0.5, 0.6) is 0 Å². The molecule has 2 aliphatic heterocycles. The fraction of sp³-hybridized carbons (Fsp3) is 1.00. The maximum atomic E-state index is 3.55. The number of rotatable bonds is 0. The number of fused-ring (bicyclic) bond motifs is 6. The van der Waals surface area contributed by atoms with Gasteiger partial charge in [0.2, 0.25) is 0 Å². The molecule has 1 saturated carbocycles. The van der Waals surface area contributed by atoms with Gasteiger partial charge in [0.15, 0.2) is 0 Å². The number of nitrogens with one attached hydrogen (secondary N) is 1. The lowest BCUT2D eigenvalue weighted by Crippen LogP contribution is -2.41. The molecule has 76 valence electrons. The summed E-state index contributed by atoms with van der Waals surface area (Å²) >= 11 is 0. The quantitative estimate of drug-likeness (QED) is 0.606. The van der Waals surface area contributed by atoms with Gasteiger partial charge in [0, 0.05) is 0 Å². The largest absolute Gasteiger partial charge is 0.317 e. The molecule has 1 N–H and O–H groups in total. The normalized spacial score (nSPS) is 46.6. The van der Waals surface area contributed by atoms with Crippen LogP contribution >= 0.6 is 0 Å². The van der Waals surface area contributed by atoms with Crippen LogP contribution in [0.2, 0.25) is 0 Å². The molecule has 0 aromatic rings. The van der Waals surface area contributed by atoms with E-state index in [0.29, 0.717) is 0 Å². The molecule has 0 aromatic heterocycles. The first-order chi connectivity index (χ1) is 6.29. The van der Waals surface area contributed by atoms with Crippen molar-refractivity contribution >= 4 is 0 Å². The van der Waals surface area contributed by atoms with Gasteiger partial charge in [-0.1, -0.05) is 13.8 Å². The van der Waals surface area contributed by atoms with Crippen LogP contribution in [0.1, 0.15) is 39.5 Å². The van der Waals surface area contributed by atoms with Gasteiger partial charge < -0.3 is 5.32 Å². The Hall–Kier alpha value is -0.0400.